The second-order valence-electron chi connectivity index (χ2n) is 9.36. The number of anilines is 2. The molecule has 22 nitrogen and oxygen atoms in total. The fraction of sp³-hybridized carbons (Fsp3) is 0.421. The first-order chi connectivity index (χ1) is 21.4. The quantitative estimate of drug-likeness (QED) is 0.0823. The SMILES string of the molecule is COC(=O)c1scc(C)c1NC(=O)[C@@H]1OC2C(COP(=O)(O)OP(=O)(O)OP(=O)(O)O)OC(n3cnc4c(=S)[nH]c(N)nc43)C2O1. The van der Waals surface area contributed by atoms with Crippen LogP contribution in [-0.2, 0) is 50.6 Å². The molecule has 0 aromatic carbocycles. The number of phosphoric acid groups is 3. The molecular formula is C19H23N6O16P3S2. The van der Waals surface area contributed by atoms with Crippen molar-refractivity contribution in [3.05, 3.63) is 26.8 Å². The van der Waals surface area contributed by atoms with Crippen LogP contribution >= 0.6 is 47.0 Å². The summed E-state index contributed by atoms with van der Waals surface area (Å²) in [6.45, 7) is 0.706. The molecule has 252 valence electrons. The molecule has 5 heterocycles. The molecule has 6 unspecified atom stereocenters. The Hall–Kier alpha value is -2.50. The molecule has 27 heteroatoms. The van der Waals surface area contributed by atoms with Crippen LogP contribution in [0.25, 0.3) is 11.2 Å². The van der Waals surface area contributed by atoms with Crippen LogP contribution in [0.4, 0.5) is 11.6 Å². The highest BCUT2D eigenvalue weighted by Crippen LogP contribution is 2.66. The summed E-state index contributed by atoms with van der Waals surface area (Å²) in [5, 5.41) is 4.17. The lowest BCUT2D eigenvalue weighted by molar-refractivity contribution is -0.166. The van der Waals surface area contributed by atoms with Crippen LogP contribution in [0.5, 0.6) is 0 Å². The zero-order chi connectivity index (χ0) is 33.8. The molecule has 0 saturated carbocycles. The number of aryl methyl sites for hydroxylation is 1. The van der Waals surface area contributed by atoms with Crippen LogP contribution in [0, 0.1) is 11.6 Å². The molecule has 8 N–H and O–H groups in total. The molecule has 0 bridgehead atoms. The molecular weight excluding hydrogens is 725 g/mol. The van der Waals surface area contributed by atoms with Gasteiger partial charge in [0.15, 0.2) is 11.9 Å². The highest BCUT2D eigenvalue weighted by molar-refractivity contribution is 7.71. The molecule has 2 aliphatic heterocycles. The molecule has 46 heavy (non-hydrogen) atoms. The first kappa shape index (κ1) is 34.8. The van der Waals surface area contributed by atoms with E-state index in [1.165, 1.54) is 18.0 Å². The average molecular weight is 748 g/mol. The minimum Gasteiger partial charge on any atom is -0.465 e. The zero-order valence-corrected chi connectivity index (χ0v) is 27.3. The second kappa shape index (κ2) is 12.8. The summed E-state index contributed by atoms with van der Waals surface area (Å²) in [5.41, 5.74) is 6.81. The number of ether oxygens (including phenoxy) is 4. The summed E-state index contributed by atoms with van der Waals surface area (Å²) in [4.78, 5) is 73.4. The number of fused-ring (bicyclic) bond motifs is 2. The van der Waals surface area contributed by atoms with Gasteiger partial charge < -0.3 is 54.6 Å². The van der Waals surface area contributed by atoms with E-state index in [9.17, 15) is 33.1 Å². The number of nitrogens with two attached hydrogens (primary N) is 1. The predicted molar refractivity (Wildman–Crippen MR) is 153 cm³/mol. The van der Waals surface area contributed by atoms with Crippen LogP contribution in [0.1, 0.15) is 21.5 Å². The lowest BCUT2D eigenvalue weighted by Crippen LogP contribution is -2.34. The average Bonchev–Trinajstić information content (AvgIpc) is 3.69. The smallest absolute Gasteiger partial charge is 0.465 e. The lowest BCUT2D eigenvalue weighted by atomic mass is 10.1. The maximum Gasteiger partial charge on any atom is 0.490 e. The van der Waals surface area contributed by atoms with Crippen LogP contribution in [0.15, 0.2) is 11.7 Å². The topological polar surface area (TPSA) is 315 Å². The highest BCUT2D eigenvalue weighted by atomic mass is 32.1. The Balaban J connectivity index is 1.40. The number of methoxy groups -OCH3 is 1. The lowest BCUT2D eigenvalue weighted by Gasteiger charge is -2.22. The van der Waals surface area contributed by atoms with E-state index in [0.717, 1.165) is 11.3 Å². The van der Waals surface area contributed by atoms with E-state index in [0.29, 0.717) is 5.56 Å². The van der Waals surface area contributed by atoms with Crippen LogP contribution in [0.2, 0.25) is 0 Å². The number of hydrogen-bond donors (Lipinski definition) is 7. The normalized spacial score (nSPS) is 25.6. The van der Waals surface area contributed by atoms with E-state index < -0.39 is 72.8 Å². The molecule has 1 amide bonds. The predicted octanol–water partition coefficient (Wildman–Crippen LogP) is 1.22. The van der Waals surface area contributed by atoms with E-state index >= 15 is 0 Å². The van der Waals surface area contributed by atoms with Gasteiger partial charge in [-0.25, -0.2) is 23.5 Å². The van der Waals surface area contributed by atoms with E-state index in [1.807, 2.05) is 0 Å². The van der Waals surface area contributed by atoms with Crippen molar-refractivity contribution in [3.8, 4) is 0 Å². The van der Waals surface area contributed by atoms with Crippen molar-refractivity contribution in [3.63, 3.8) is 0 Å². The van der Waals surface area contributed by atoms with Crippen molar-refractivity contribution >= 4 is 81.7 Å². The maximum absolute atomic E-state index is 13.3. The van der Waals surface area contributed by atoms with Gasteiger partial charge in [0.2, 0.25) is 12.2 Å². The van der Waals surface area contributed by atoms with Gasteiger partial charge in [0.05, 0.1) is 25.7 Å². The Morgan fingerprint density at radius 2 is 1.85 bits per heavy atom. The number of aromatic amines is 1. The Kier molecular flexibility index (Phi) is 9.72. The van der Waals surface area contributed by atoms with Gasteiger partial charge in [-0.1, -0.05) is 12.2 Å². The van der Waals surface area contributed by atoms with E-state index in [4.69, 9.17) is 51.2 Å². The first-order valence-corrected chi connectivity index (χ1v) is 18.1. The summed E-state index contributed by atoms with van der Waals surface area (Å²) in [5.74, 6) is -1.63. The minimum absolute atomic E-state index is 0.0774. The number of imidazole rings is 1. The van der Waals surface area contributed by atoms with Crippen LogP contribution in [-0.4, -0.2) is 89.3 Å². The van der Waals surface area contributed by atoms with Gasteiger partial charge in [0, 0.05) is 0 Å². The van der Waals surface area contributed by atoms with Gasteiger partial charge >= 0.3 is 29.4 Å². The molecule has 5 rings (SSSR count). The zero-order valence-electron chi connectivity index (χ0n) is 23.0. The van der Waals surface area contributed by atoms with Crippen molar-refractivity contribution in [1.82, 2.24) is 19.5 Å². The Morgan fingerprint density at radius 3 is 2.52 bits per heavy atom. The van der Waals surface area contributed by atoms with Crippen molar-refractivity contribution in [1.29, 1.82) is 0 Å². The third-order valence-corrected chi connectivity index (χ3v) is 11.4. The number of H-pyrrole nitrogens is 1. The van der Waals surface area contributed by atoms with Crippen molar-refractivity contribution < 1.29 is 75.0 Å². The number of aromatic nitrogens is 4. The van der Waals surface area contributed by atoms with Gasteiger partial charge in [0.25, 0.3) is 5.91 Å². The van der Waals surface area contributed by atoms with Gasteiger partial charge in [-0.15, -0.1) is 11.3 Å². The summed E-state index contributed by atoms with van der Waals surface area (Å²) >= 11 is 6.26. The molecule has 2 aliphatic rings. The van der Waals surface area contributed by atoms with E-state index in [2.05, 4.69) is 28.9 Å². The number of nitrogen functional groups attached to an aromatic ring is 1. The van der Waals surface area contributed by atoms with Crippen LogP contribution < -0.4 is 11.1 Å². The third-order valence-electron chi connectivity index (χ3n) is 6.20. The molecule has 0 aliphatic carbocycles. The number of thiophene rings is 1. The molecule has 3 aromatic heterocycles. The second-order valence-corrected chi connectivity index (χ2v) is 15.1. The number of nitrogens with one attached hydrogen (secondary N) is 2. The van der Waals surface area contributed by atoms with Gasteiger partial charge in [-0.05, 0) is 17.9 Å². The Bertz CT molecular complexity index is 1890. The molecule has 7 atom stereocenters. The summed E-state index contributed by atoms with van der Waals surface area (Å²) in [7, 11) is -15.8. The van der Waals surface area contributed by atoms with Crippen LogP contribution in [0.3, 0.4) is 0 Å². The largest absolute Gasteiger partial charge is 0.490 e. The summed E-state index contributed by atoms with van der Waals surface area (Å²) in [6.07, 6.45) is -5.40. The Morgan fingerprint density at radius 1 is 1.15 bits per heavy atom. The number of hydrogen-bond acceptors (Lipinski definition) is 17. The number of carbonyl (C=O) groups excluding carboxylic acids is 2. The number of phosphoric ester groups is 1. The van der Waals surface area contributed by atoms with Gasteiger partial charge in [-0.2, -0.15) is 13.6 Å². The first-order valence-electron chi connectivity index (χ1n) is 12.3. The fourth-order valence-electron chi connectivity index (χ4n) is 4.44. The molecule has 2 saturated heterocycles. The van der Waals surface area contributed by atoms with Gasteiger partial charge in [-0.3, -0.25) is 13.9 Å². The number of amides is 1. The van der Waals surface area contributed by atoms with Crippen molar-refractivity contribution in [2.75, 3.05) is 24.8 Å². The number of nitrogens with zero attached hydrogens (tertiary/aromatic N) is 3. The number of rotatable bonds is 11. The van der Waals surface area contributed by atoms with E-state index in [-0.39, 0.29) is 32.3 Å². The van der Waals surface area contributed by atoms with Crippen molar-refractivity contribution in [2.45, 2.75) is 37.8 Å². The van der Waals surface area contributed by atoms with Gasteiger partial charge in [0.1, 0.15) is 33.3 Å². The monoisotopic (exact) mass is 748 g/mol. The summed E-state index contributed by atoms with van der Waals surface area (Å²) < 4.78 is 71.1. The third kappa shape index (κ3) is 7.46. The fourth-order valence-corrected chi connectivity index (χ4v) is 8.64. The minimum atomic E-state index is -5.80. The number of esters is 1. The van der Waals surface area contributed by atoms with E-state index in [1.54, 1.807) is 12.3 Å². The maximum atomic E-state index is 13.3. The summed E-state index contributed by atoms with van der Waals surface area (Å²) in [6, 6.07) is 0. The standard InChI is InChI=1S/C19H23N6O16P3S2/c1-6-4-46-12(17(27)35-2)8(6)22-14(26)18-38-10-7(3-36-43(31,32)41-44(33,34)40-42(28,29)30)37-16(11(10)39-18)25-5-21-9-13(25)23-19(20)24-15(9)45/h4-5,7,10-11,16,18H,3H2,1-2H3,(H,22,26)(H,31,32)(H,33,34)(H2,28,29,30)(H3,20,23,24,45)/t7?,10?,11?,16?,18-/m1/s1. The van der Waals surface area contributed by atoms with Crippen molar-refractivity contribution in [2.24, 2.45) is 0 Å². The Labute approximate surface area is 265 Å². The molecule has 0 spiro atoms. The highest BCUT2D eigenvalue weighted by Gasteiger charge is 2.56. The molecule has 3 aromatic rings. The molecule has 2 fully saturated rings. The molecule has 0 radical (unpaired) electrons. The number of carbonyl (C=O) groups is 2.